The van der Waals surface area contributed by atoms with Crippen molar-refractivity contribution in [3.63, 3.8) is 0 Å². The van der Waals surface area contributed by atoms with Gasteiger partial charge < -0.3 is 21.7 Å². The van der Waals surface area contributed by atoms with Crippen molar-refractivity contribution in [2.75, 3.05) is 0 Å². The van der Waals surface area contributed by atoms with Crippen molar-refractivity contribution in [1.82, 2.24) is 4.57 Å². The summed E-state index contributed by atoms with van der Waals surface area (Å²) in [5, 5.41) is 18.6. The normalized spacial score (nSPS) is 12.3. The Balaban J connectivity index is 3.09. The third kappa shape index (κ3) is 2.19. The van der Waals surface area contributed by atoms with Crippen molar-refractivity contribution in [2.45, 2.75) is 12.5 Å². The Morgan fingerprint density at radius 1 is 1.27 bits per heavy atom. The molecule has 0 aliphatic rings. The largest absolute Gasteiger partial charge is 0.494 e. The molecule has 1 atom stereocenters. The van der Waals surface area contributed by atoms with E-state index in [1.165, 1.54) is 12.1 Å². The summed E-state index contributed by atoms with van der Waals surface area (Å²) in [6.45, 7) is 0. The minimum Gasteiger partial charge on any atom is -0.494 e. The van der Waals surface area contributed by atoms with Gasteiger partial charge in [0, 0.05) is 12.1 Å². The summed E-state index contributed by atoms with van der Waals surface area (Å²) in [4.78, 5) is 21.7. The number of nitrogens with zero attached hydrogens (tertiary/aromatic N) is 1. The fourth-order valence-corrected chi connectivity index (χ4v) is 1.26. The standard InChI is InChI=1S/C8H11N3O4/c9-5(12)3-4(8(10)15)11-6(13)1-2-7(11)14/h1-2,4,13-14H,3H2,(H2,9,12)(H2,10,15). The summed E-state index contributed by atoms with van der Waals surface area (Å²) in [7, 11) is 0. The molecule has 7 heteroatoms. The van der Waals surface area contributed by atoms with Crippen molar-refractivity contribution in [1.29, 1.82) is 0 Å². The number of rotatable bonds is 4. The van der Waals surface area contributed by atoms with Gasteiger partial charge in [0.15, 0.2) is 11.8 Å². The van der Waals surface area contributed by atoms with Crippen LogP contribution in [-0.4, -0.2) is 26.6 Å². The number of aromatic hydroxyl groups is 2. The van der Waals surface area contributed by atoms with E-state index in [2.05, 4.69) is 0 Å². The second-order valence-corrected chi connectivity index (χ2v) is 3.01. The molecule has 1 heterocycles. The van der Waals surface area contributed by atoms with E-state index in [1.54, 1.807) is 0 Å². The molecule has 0 spiro atoms. The molecule has 1 unspecified atom stereocenters. The minimum atomic E-state index is -1.18. The number of amides is 2. The average Bonchev–Trinajstić information content (AvgIpc) is 2.42. The molecule has 1 rings (SSSR count). The monoisotopic (exact) mass is 213 g/mol. The highest BCUT2D eigenvalue weighted by molar-refractivity contribution is 5.85. The molecule has 0 bridgehead atoms. The summed E-state index contributed by atoms with van der Waals surface area (Å²) in [5.74, 6) is -2.35. The van der Waals surface area contributed by atoms with Crippen molar-refractivity contribution in [3.8, 4) is 11.8 Å². The summed E-state index contributed by atoms with van der Waals surface area (Å²) in [6, 6.07) is 1.16. The Morgan fingerprint density at radius 2 is 1.73 bits per heavy atom. The Hall–Kier alpha value is -2.18. The molecule has 82 valence electrons. The second-order valence-electron chi connectivity index (χ2n) is 3.01. The lowest BCUT2D eigenvalue weighted by Gasteiger charge is -2.15. The first kappa shape index (κ1) is 10.9. The van der Waals surface area contributed by atoms with E-state index in [9.17, 15) is 19.8 Å². The number of primary amides is 2. The van der Waals surface area contributed by atoms with Crippen LogP contribution in [0.4, 0.5) is 0 Å². The van der Waals surface area contributed by atoms with Crippen LogP contribution in [-0.2, 0) is 9.59 Å². The summed E-state index contributed by atoms with van der Waals surface area (Å²) in [6.07, 6.45) is -0.384. The maximum absolute atomic E-state index is 11.0. The van der Waals surface area contributed by atoms with Gasteiger partial charge in [-0.1, -0.05) is 0 Å². The maximum Gasteiger partial charge on any atom is 0.241 e. The smallest absolute Gasteiger partial charge is 0.241 e. The third-order valence-electron chi connectivity index (χ3n) is 1.91. The van der Waals surface area contributed by atoms with E-state index in [0.717, 1.165) is 4.57 Å². The van der Waals surface area contributed by atoms with E-state index in [4.69, 9.17) is 11.5 Å². The highest BCUT2D eigenvalue weighted by Crippen LogP contribution is 2.27. The molecule has 7 nitrogen and oxygen atoms in total. The molecule has 2 amide bonds. The molecule has 0 aromatic carbocycles. The lowest BCUT2D eigenvalue weighted by atomic mass is 10.2. The van der Waals surface area contributed by atoms with Gasteiger partial charge in [-0.15, -0.1) is 0 Å². The van der Waals surface area contributed by atoms with Crippen molar-refractivity contribution in [3.05, 3.63) is 12.1 Å². The first-order valence-electron chi connectivity index (χ1n) is 4.10. The van der Waals surface area contributed by atoms with Gasteiger partial charge in [-0.05, 0) is 0 Å². The molecule has 1 aromatic rings. The van der Waals surface area contributed by atoms with Crippen LogP contribution >= 0.6 is 0 Å². The lowest BCUT2D eigenvalue weighted by molar-refractivity contribution is -0.126. The highest BCUT2D eigenvalue weighted by Gasteiger charge is 2.24. The summed E-state index contributed by atoms with van der Waals surface area (Å²) in [5.41, 5.74) is 9.94. The predicted molar refractivity (Wildman–Crippen MR) is 49.8 cm³/mol. The van der Waals surface area contributed by atoms with E-state index < -0.39 is 17.9 Å². The third-order valence-corrected chi connectivity index (χ3v) is 1.91. The molecule has 0 saturated carbocycles. The zero-order valence-electron chi connectivity index (χ0n) is 7.75. The van der Waals surface area contributed by atoms with Crippen LogP contribution < -0.4 is 11.5 Å². The van der Waals surface area contributed by atoms with Crippen molar-refractivity contribution < 1.29 is 19.8 Å². The number of carbonyl (C=O) groups is 2. The van der Waals surface area contributed by atoms with Crippen LogP contribution in [0, 0.1) is 0 Å². The summed E-state index contributed by atoms with van der Waals surface area (Å²) < 4.78 is 0.840. The predicted octanol–water partition coefficient (Wildman–Crippen LogP) is -1.20. The number of hydrogen-bond acceptors (Lipinski definition) is 4. The van der Waals surface area contributed by atoms with Crippen molar-refractivity contribution >= 4 is 11.8 Å². The Labute approximate surface area is 84.9 Å². The number of aromatic nitrogens is 1. The van der Waals surface area contributed by atoms with Gasteiger partial charge >= 0.3 is 0 Å². The van der Waals surface area contributed by atoms with Crippen LogP contribution in [0.2, 0.25) is 0 Å². The fraction of sp³-hybridized carbons (Fsp3) is 0.250. The van der Waals surface area contributed by atoms with Gasteiger partial charge in [0.05, 0.1) is 6.42 Å². The van der Waals surface area contributed by atoms with Crippen molar-refractivity contribution in [2.24, 2.45) is 11.5 Å². The molecule has 0 aliphatic heterocycles. The van der Waals surface area contributed by atoms with Gasteiger partial charge in [0.1, 0.15) is 6.04 Å². The molecule has 0 radical (unpaired) electrons. The number of hydrogen-bond donors (Lipinski definition) is 4. The first-order valence-corrected chi connectivity index (χ1v) is 4.10. The Kier molecular flexibility index (Phi) is 2.84. The molecule has 0 saturated heterocycles. The molecular formula is C8H11N3O4. The van der Waals surface area contributed by atoms with Gasteiger partial charge in [0.2, 0.25) is 11.8 Å². The topological polar surface area (TPSA) is 132 Å². The molecule has 15 heavy (non-hydrogen) atoms. The Morgan fingerprint density at radius 3 is 2.07 bits per heavy atom. The van der Waals surface area contributed by atoms with E-state index >= 15 is 0 Å². The van der Waals surface area contributed by atoms with E-state index in [1.807, 2.05) is 0 Å². The van der Waals surface area contributed by atoms with Crippen LogP contribution in [0.15, 0.2) is 12.1 Å². The van der Waals surface area contributed by atoms with Crippen LogP contribution in [0.25, 0.3) is 0 Å². The highest BCUT2D eigenvalue weighted by atomic mass is 16.3. The summed E-state index contributed by atoms with van der Waals surface area (Å²) >= 11 is 0. The van der Waals surface area contributed by atoms with E-state index in [0.29, 0.717) is 0 Å². The van der Waals surface area contributed by atoms with E-state index in [-0.39, 0.29) is 18.2 Å². The van der Waals surface area contributed by atoms with Crippen LogP contribution in [0.1, 0.15) is 12.5 Å². The molecule has 0 aliphatic carbocycles. The van der Waals surface area contributed by atoms with Gasteiger partial charge in [0.25, 0.3) is 0 Å². The number of nitrogens with two attached hydrogens (primary N) is 2. The fourth-order valence-electron chi connectivity index (χ4n) is 1.26. The minimum absolute atomic E-state index is 0.363. The molecular weight excluding hydrogens is 202 g/mol. The SMILES string of the molecule is NC(=O)CC(C(N)=O)n1c(O)ccc1O. The average molecular weight is 213 g/mol. The zero-order valence-corrected chi connectivity index (χ0v) is 7.75. The van der Waals surface area contributed by atoms with Crippen LogP contribution in [0.5, 0.6) is 11.8 Å². The lowest BCUT2D eigenvalue weighted by Crippen LogP contribution is -2.30. The Bertz CT molecular complexity index is 379. The van der Waals surface area contributed by atoms with Gasteiger partial charge in [-0.3, -0.25) is 14.2 Å². The molecule has 6 N–H and O–H groups in total. The zero-order chi connectivity index (χ0) is 11.6. The number of carbonyl (C=O) groups excluding carboxylic acids is 2. The second kappa shape index (κ2) is 3.91. The molecule has 1 aromatic heterocycles. The first-order chi connectivity index (χ1) is 6.93. The van der Waals surface area contributed by atoms with Gasteiger partial charge in [-0.2, -0.15) is 0 Å². The quantitative estimate of drug-likeness (QED) is 0.500. The molecule has 0 fully saturated rings. The van der Waals surface area contributed by atoms with Gasteiger partial charge in [-0.25, -0.2) is 0 Å². The maximum atomic E-state index is 11.0. The van der Waals surface area contributed by atoms with Crippen LogP contribution in [0.3, 0.4) is 0 Å².